The largest absolute Gasteiger partial charge is 0.549 e. The molecule has 0 aromatic carbocycles. The molecule has 11 heavy (non-hydrogen) atoms. The molecule has 0 aliphatic heterocycles. The topological polar surface area (TPSA) is 26.3 Å². The second-order valence-corrected chi connectivity index (χ2v) is 7.85. The van der Waals surface area contributed by atoms with Gasteiger partial charge in [0.2, 0.25) is 8.32 Å². The Hall–Kier alpha value is -0.573. The van der Waals surface area contributed by atoms with E-state index < -0.39 is 8.32 Å². The Morgan fingerprint density at radius 3 is 2.27 bits per heavy atom. The summed E-state index contributed by atoms with van der Waals surface area (Å²) in [5.74, 6) is 0. The van der Waals surface area contributed by atoms with Crippen molar-refractivity contribution in [3.8, 4) is 0 Å². The summed E-state index contributed by atoms with van der Waals surface area (Å²) in [6.07, 6.45) is 3.19. The van der Waals surface area contributed by atoms with Gasteiger partial charge in [-0.2, -0.15) is 0 Å². The molecule has 0 heterocycles. The summed E-state index contributed by atoms with van der Waals surface area (Å²) in [5, 5.41) is 0. The normalized spacial score (nSPS) is 12.9. The van der Waals surface area contributed by atoms with Crippen molar-refractivity contribution in [3.63, 3.8) is 0 Å². The lowest BCUT2D eigenvalue weighted by Crippen LogP contribution is -2.22. The van der Waals surface area contributed by atoms with Crippen molar-refractivity contribution in [2.24, 2.45) is 0 Å². The molecular weight excluding hydrogens is 156 g/mol. The summed E-state index contributed by atoms with van der Waals surface area (Å²) in [4.78, 5) is 10.3. The average Bonchev–Trinajstić information content (AvgIpc) is 1.88. The van der Waals surface area contributed by atoms with Crippen molar-refractivity contribution in [2.75, 3.05) is 0 Å². The second-order valence-electron chi connectivity index (χ2n) is 3.39. The van der Waals surface area contributed by atoms with Crippen LogP contribution in [0.1, 0.15) is 13.3 Å². The Morgan fingerprint density at radius 1 is 1.45 bits per heavy atom. The van der Waals surface area contributed by atoms with Gasteiger partial charge >= 0.3 is 0 Å². The van der Waals surface area contributed by atoms with Gasteiger partial charge < -0.3 is 4.43 Å². The van der Waals surface area contributed by atoms with Gasteiger partial charge in [-0.3, -0.25) is 4.79 Å². The molecule has 0 saturated heterocycles. The first-order valence-electron chi connectivity index (χ1n) is 3.81. The minimum atomic E-state index is -1.49. The Morgan fingerprint density at radius 2 is 2.00 bits per heavy atom. The molecule has 0 fully saturated rings. The van der Waals surface area contributed by atoms with Crippen molar-refractivity contribution in [1.29, 1.82) is 0 Å². The second kappa shape index (κ2) is 4.33. The third kappa shape index (κ3) is 5.85. The third-order valence-corrected chi connectivity index (χ3v) is 1.95. The minimum absolute atomic E-state index is 0.729. The molecular formula is C8H16O2Si. The SMILES string of the molecule is CC/C(C=O)=C\O[Si](C)(C)C. The Balaban J connectivity index is 3.99. The molecule has 0 aromatic rings. The molecule has 3 heteroatoms. The maximum absolute atomic E-state index is 10.3. The van der Waals surface area contributed by atoms with Gasteiger partial charge in [0.25, 0.3) is 0 Å². The molecule has 0 radical (unpaired) electrons. The lowest BCUT2D eigenvalue weighted by atomic mass is 10.3. The Kier molecular flexibility index (Phi) is 4.11. The van der Waals surface area contributed by atoms with E-state index in [0.29, 0.717) is 0 Å². The molecule has 0 aliphatic rings. The number of carbonyl (C=O) groups is 1. The molecule has 0 aromatic heterocycles. The van der Waals surface area contributed by atoms with E-state index in [1.165, 1.54) is 0 Å². The van der Waals surface area contributed by atoms with Gasteiger partial charge in [-0.05, 0) is 26.1 Å². The molecule has 0 aliphatic carbocycles. The van der Waals surface area contributed by atoms with E-state index in [-0.39, 0.29) is 0 Å². The molecule has 0 unspecified atom stereocenters. The minimum Gasteiger partial charge on any atom is -0.549 e. The predicted molar refractivity (Wildman–Crippen MR) is 48.9 cm³/mol. The van der Waals surface area contributed by atoms with Crippen LogP contribution in [0.4, 0.5) is 0 Å². The van der Waals surface area contributed by atoms with Gasteiger partial charge in [0.05, 0.1) is 6.26 Å². The van der Waals surface area contributed by atoms with E-state index in [1.807, 2.05) is 6.92 Å². The molecule has 64 valence electrons. The van der Waals surface area contributed by atoms with Crippen LogP contribution in [0.15, 0.2) is 11.8 Å². The number of hydrogen-bond donors (Lipinski definition) is 0. The molecule has 0 spiro atoms. The van der Waals surface area contributed by atoms with Crippen molar-refractivity contribution < 1.29 is 9.22 Å². The van der Waals surface area contributed by atoms with Crippen LogP contribution in [0.25, 0.3) is 0 Å². The van der Waals surface area contributed by atoms with Gasteiger partial charge in [0.1, 0.15) is 6.29 Å². The van der Waals surface area contributed by atoms with Crippen molar-refractivity contribution in [1.82, 2.24) is 0 Å². The third-order valence-electron chi connectivity index (χ3n) is 1.12. The molecule has 0 rings (SSSR count). The smallest absolute Gasteiger partial charge is 0.241 e. The summed E-state index contributed by atoms with van der Waals surface area (Å²) in [6.45, 7) is 8.19. The van der Waals surface area contributed by atoms with Gasteiger partial charge in [0, 0.05) is 5.57 Å². The quantitative estimate of drug-likeness (QED) is 0.281. The van der Waals surface area contributed by atoms with E-state index in [1.54, 1.807) is 6.26 Å². The van der Waals surface area contributed by atoms with E-state index in [9.17, 15) is 4.79 Å². The first-order valence-corrected chi connectivity index (χ1v) is 7.22. The monoisotopic (exact) mass is 172 g/mol. The van der Waals surface area contributed by atoms with Gasteiger partial charge in [-0.25, -0.2) is 0 Å². The highest BCUT2D eigenvalue weighted by Crippen LogP contribution is 2.05. The predicted octanol–water partition coefficient (Wildman–Crippen LogP) is 2.33. The van der Waals surface area contributed by atoms with Crippen molar-refractivity contribution in [2.45, 2.75) is 33.0 Å². The van der Waals surface area contributed by atoms with E-state index in [0.717, 1.165) is 18.3 Å². The molecule has 0 atom stereocenters. The summed E-state index contributed by atoms with van der Waals surface area (Å²) < 4.78 is 5.42. The first-order chi connectivity index (χ1) is 4.99. The van der Waals surface area contributed by atoms with Crippen LogP contribution in [0, 0.1) is 0 Å². The van der Waals surface area contributed by atoms with Crippen LogP contribution in [0.2, 0.25) is 19.6 Å². The maximum Gasteiger partial charge on any atom is 0.241 e. The van der Waals surface area contributed by atoms with Crippen molar-refractivity contribution >= 4 is 14.6 Å². The average molecular weight is 172 g/mol. The summed E-state index contributed by atoms with van der Waals surface area (Å²) in [6, 6.07) is 0. The maximum atomic E-state index is 10.3. The fourth-order valence-electron chi connectivity index (χ4n) is 0.447. The lowest BCUT2D eigenvalue weighted by molar-refractivity contribution is -0.105. The number of rotatable bonds is 4. The molecule has 0 bridgehead atoms. The number of hydrogen-bond acceptors (Lipinski definition) is 2. The zero-order chi connectivity index (χ0) is 8.91. The van der Waals surface area contributed by atoms with E-state index in [4.69, 9.17) is 4.43 Å². The van der Waals surface area contributed by atoms with Crippen molar-refractivity contribution in [3.05, 3.63) is 11.8 Å². The van der Waals surface area contributed by atoms with Gasteiger partial charge in [-0.15, -0.1) is 0 Å². The fraction of sp³-hybridized carbons (Fsp3) is 0.625. The van der Waals surface area contributed by atoms with Gasteiger partial charge in [-0.1, -0.05) is 6.92 Å². The van der Waals surface area contributed by atoms with E-state index in [2.05, 4.69) is 19.6 Å². The van der Waals surface area contributed by atoms with Crippen LogP contribution < -0.4 is 0 Å². The van der Waals surface area contributed by atoms with E-state index >= 15 is 0 Å². The molecule has 2 nitrogen and oxygen atoms in total. The summed E-state index contributed by atoms with van der Waals surface area (Å²) in [5.41, 5.74) is 0.729. The molecule has 0 amide bonds. The zero-order valence-electron chi connectivity index (χ0n) is 7.68. The van der Waals surface area contributed by atoms with Gasteiger partial charge in [0.15, 0.2) is 0 Å². The lowest BCUT2D eigenvalue weighted by Gasteiger charge is -2.15. The highest BCUT2D eigenvalue weighted by molar-refractivity contribution is 6.69. The standard InChI is InChI=1S/C8H16O2Si/c1-5-8(6-9)7-10-11(2,3)4/h6-7H,5H2,1-4H3/b8-7+. The van der Waals surface area contributed by atoms with Crippen LogP contribution in [-0.2, 0) is 9.22 Å². The van der Waals surface area contributed by atoms with Crippen LogP contribution >= 0.6 is 0 Å². The highest BCUT2D eigenvalue weighted by Gasteiger charge is 2.13. The molecule has 0 N–H and O–H groups in total. The van der Waals surface area contributed by atoms with Crippen LogP contribution in [0.5, 0.6) is 0 Å². The Bertz CT molecular complexity index is 156. The highest BCUT2D eigenvalue weighted by atomic mass is 28.4. The first kappa shape index (κ1) is 10.4. The summed E-state index contributed by atoms with van der Waals surface area (Å²) >= 11 is 0. The number of allylic oxidation sites excluding steroid dienone is 1. The van der Waals surface area contributed by atoms with Crippen LogP contribution in [-0.4, -0.2) is 14.6 Å². The van der Waals surface area contributed by atoms with Crippen LogP contribution in [0.3, 0.4) is 0 Å². The zero-order valence-corrected chi connectivity index (χ0v) is 8.68. The fourth-order valence-corrected chi connectivity index (χ4v) is 0.952. The number of carbonyl (C=O) groups excluding carboxylic acids is 1. The Labute approximate surface area is 69.4 Å². The number of aldehydes is 1. The molecule has 0 saturated carbocycles. The summed E-state index contributed by atoms with van der Waals surface area (Å²) in [7, 11) is -1.49.